The average Bonchev–Trinajstić information content (AvgIpc) is 2.59. The molecule has 0 saturated heterocycles. The van der Waals surface area contributed by atoms with Gasteiger partial charge in [-0.3, -0.25) is 9.78 Å². The molecule has 1 aliphatic carbocycles. The molecule has 1 aromatic heterocycles. The van der Waals surface area contributed by atoms with E-state index in [0.717, 1.165) is 28.4 Å². The zero-order valence-corrected chi connectivity index (χ0v) is 13.8. The van der Waals surface area contributed by atoms with E-state index in [2.05, 4.69) is 20.9 Å². The lowest BCUT2D eigenvalue weighted by atomic mass is 10.0. The van der Waals surface area contributed by atoms with Crippen molar-refractivity contribution in [3.63, 3.8) is 0 Å². The van der Waals surface area contributed by atoms with Gasteiger partial charge in [-0.05, 0) is 64.2 Å². The maximum Gasteiger partial charge on any atom is 0.211 e. The Kier molecular flexibility index (Phi) is 4.95. The molecule has 104 valence electrons. The Labute approximate surface area is 132 Å². The number of fused-ring (bicyclic) bond motifs is 2. The van der Waals surface area contributed by atoms with Crippen LogP contribution >= 0.6 is 27.5 Å². The zero-order valence-electron chi connectivity index (χ0n) is 11.4. The third kappa shape index (κ3) is 2.94. The summed E-state index contributed by atoms with van der Waals surface area (Å²) in [5.41, 5.74) is 3.26. The van der Waals surface area contributed by atoms with E-state index < -0.39 is 0 Å². The highest BCUT2D eigenvalue weighted by Gasteiger charge is 2.22. The second-order valence-corrected chi connectivity index (χ2v) is 5.64. The highest BCUT2D eigenvalue weighted by molar-refractivity contribution is 9.10. The van der Waals surface area contributed by atoms with E-state index in [0.29, 0.717) is 16.3 Å². The number of pyridine rings is 1. The van der Waals surface area contributed by atoms with Crippen molar-refractivity contribution in [2.45, 2.75) is 26.7 Å². The lowest BCUT2D eigenvalue weighted by Gasteiger charge is -2.04. The quantitative estimate of drug-likeness (QED) is 0.678. The standard InChI is InChI=1S/C14H9BrClNO.C2H6/c15-10-5-9-2-1-8-6-11(16)3-4-12(8)14(18)13(9)17-7-10;1-2/h3-7H,1-2H2;1-2H3. The van der Waals surface area contributed by atoms with Crippen LogP contribution in [0.5, 0.6) is 0 Å². The summed E-state index contributed by atoms with van der Waals surface area (Å²) >= 11 is 9.37. The first-order valence-corrected chi connectivity index (χ1v) is 7.80. The Morgan fingerprint density at radius 3 is 2.60 bits per heavy atom. The molecule has 0 aliphatic heterocycles. The van der Waals surface area contributed by atoms with E-state index in [1.807, 2.05) is 26.0 Å². The predicted octanol–water partition coefficient (Wildman–Crippen LogP) is 4.85. The lowest BCUT2D eigenvalue weighted by Crippen LogP contribution is -2.06. The van der Waals surface area contributed by atoms with Gasteiger partial charge >= 0.3 is 0 Å². The van der Waals surface area contributed by atoms with Crippen LogP contribution in [0, 0.1) is 0 Å². The first kappa shape index (κ1) is 15.2. The van der Waals surface area contributed by atoms with Gasteiger partial charge in [-0.25, -0.2) is 0 Å². The predicted molar refractivity (Wildman–Crippen MR) is 85.6 cm³/mol. The molecule has 0 N–H and O–H groups in total. The van der Waals surface area contributed by atoms with Gasteiger partial charge in [-0.2, -0.15) is 0 Å². The molecule has 3 rings (SSSR count). The maximum atomic E-state index is 12.4. The second-order valence-electron chi connectivity index (χ2n) is 4.29. The van der Waals surface area contributed by atoms with Gasteiger partial charge in [0.25, 0.3) is 0 Å². The fourth-order valence-electron chi connectivity index (χ4n) is 2.26. The molecule has 0 amide bonds. The highest BCUT2D eigenvalue weighted by Crippen LogP contribution is 2.26. The number of ketones is 1. The van der Waals surface area contributed by atoms with E-state index in [-0.39, 0.29) is 5.78 Å². The van der Waals surface area contributed by atoms with Gasteiger partial charge in [0.1, 0.15) is 5.69 Å². The van der Waals surface area contributed by atoms with Gasteiger partial charge in [0.15, 0.2) is 0 Å². The lowest BCUT2D eigenvalue weighted by molar-refractivity contribution is 0.103. The molecule has 0 fully saturated rings. The molecule has 0 saturated carbocycles. The van der Waals surface area contributed by atoms with E-state index in [1.54, 1.807) is 18.3 Å². The van der Waals surface area contributed by atoms with Crippen LogP contribution in [0.3, 0.4) is 0 Å². The summed E-state index contributed by atoms with van der Waals surface area (Å²) in [7, 11) is 0. The Morgan fingerprint density at radius 1 is 1.15 bits per heavy atom. The Hall–Kier alpha value is -1.19. The minimum Gasteiger partial charge on any atom is -0.287 e. The molecular weight excluding hydrogens is 338 g/mol. The number of carbonyl (C=O) groups is 1. The molecule has 0 radical (unpaired) electrons. The van der Waals surface area contributed by atoms with Crippen LogP contribution < -0.4 is 0 Å². The third-order valence-corrected chi connectivity index (χ3v) is 3.79. The third-order valence-electron chi connectivity index (χ3n) is 3.12. The Bertz CT molecular complexity index is 599. The van der Waals surface area contributed by atoms with Gasteiger partial charge in [0, 0.05) is 21.3 Å². The normalized spacial score (nSPS) is 12.7. The number of nitrogens with zero attached hydrogens (tertiary/aromatic N) is 1. The molecule has 0 bridgehead atoms. The van der Waals surface area contributed by atoms with Gasteiger partial charge < -0.3 is 0 Å². The number of carbonyl (C=O) groups excluding carboxylic acids is 1. The molecule has 2 nitrogen and oxygen atoms in total. The van der Waals surface area contributed by atoms with Gasteiger partial charge in [-0.1, -0.05) is 25.4 Å². The van der Waals surface area contributed by atoms with Gasteiger partial charge in [0.2, 0.25) is 5.78 Å². The Balaban J connectivity index is 0.000000704. The van der Waals surface area contributed by atoms with Crippen molar-refractivity contribution in [3.8, 4) is 0 Å². The molecular formula is C16H15BrClNO. The molecule has 1 aliphatic rings. The molecule has 0 atom stereocenters. The van der Waals surface area contributed by atoms with Crippen molar-refractivity contribution in [1.29, 1.82) is 0 Å². The first-order chi connectivity index (χ1) is 9.65. The van der Waals surface area contributed by atoms with Crippen LogP contribution in [0.2, 0.25) is 5.02 Å². The molecule has 1 aromatic carbocycles. The van der Waals surface area contributed by atoms with Crippen molar-refractivity contribution < 1.29 is 4.79 Å². The summed E-state index contributed by atoms with van der Waals surface area (Å²) in [4.78, 5) is 16.7. The first-order valence-electron chi connectivity index (χ1n) is 6.63. The monoisotopic (exact) mass is 351 g/mol. The molecule has 0 spiro atoms. The summed E-state index contributed by atoms with van der Waals surface area (Å²) in [5, 5.41) is 0.668. The number of halogens is 2. The van der Waals surface area contributed by atoms with Crippen LogP contribution in [0.15, 0.2) is 34.9 Å². The summed E-state index contributed by atoms with van der Waals surface area (Å²) < 4.78 is 0.901. The number of rotatable bonds is 0. The van der Waals surface area contributed by atoms with Crippen LogP contribution in [0.1, 0.15) is 41.0 Å². The summed E-state index contributed by atoms with van der Waals surface area (Å²) in [5.74, 6) is -0.0123. The van der Waals surface area contributed by atoms with Crippen molar-refractivity contribution in [2.75, 3.05) is 0 Å². The van der Waals surface area contributed by atoms with Crippen molar-refractivity contribution in [1.82, 2.24) is 4.98 Å². The molecule has 0 unspecified atom stereocenters. The molecule has 20 heavy (non-hydrogen) atoms. The van der Waals surface area contributed by atoms with Crippen LogP contribution in [0.25, 0.3) is 0 Å². The highest BCUT2D eigenvalue weighted by atomic mass is 79.9. The van der Waals surface area contributed by atoms with E-state index in [4.69, 9.17) is 11.6 Å². The average molecular weight is 353 g/mol. The van der Waals surface area contributed by atoms with E-state index in [1.165, 1.54) is 0 Å². The topological polar surface area (TPSA) is 30.0 Å². The second kappa shape index (κ2) is 6.51. The smallest absolute Gasteiger partial charge is 0.211 e. The van der Waals surface area contributed by atoms with Crippen molar-refractivity contribution in [2.24, 2.45) is 0 Å². The minimum atomic E-state index is -0.0123. The van der Waals surface area contributed by atoms with E-state index in [9.17, 15) is 4.79 Å². The number of benzene rings is 1. The van der Waals surface area contributed by atoms with E-state index >= 15 is 0 Å². The molecule has 4 heteroatoms. The molecule has 2 aromatic rings. The number of aromatic nitrogens is 1. The fourth-order valence-corrected chi connectivity index (χ4v) is 2.84. The Morgan fingerprint density at radius 2 is 1.85 bits per heavy atom. The SMILES string of the molecule is CC.O=C1c2ccc(Cl)cc2CCc2cc(Br)cnc21. The summed E-state index contributed by atoms with van der Waals surface area (Å²) in [6.45, 7) is 4.00. The number of aryl methyl sites for hydroxylation is 2. The molecule has 1 heterocycles. The number of hydrogen-bond donors (Lipinski definition) is 0. The van der Waals surface area contributed by atoms with Crippen LogP contribution in [-0.2, 0) is 12.8 Å². The number of hydrogen-bond acceptors (Lipinski definition) is 2. The largest absolute Gasteiger partial charge is 0.287 e. The van der Waals surface area contributed by atoms with Crippen molar-refractivity contribution >= 4 is 33.3 Å². The van der Waals surface area contributed by atoms with Gasteiger partial charge in [0.05, 0.1) is 0 Å². The summed E-state index contributed by atoms with van der Waals surface area (Å²) in [6, 6.07) is 7.38. The zero-order chi connectivity index (χ0) is 14.7. The minimum absolute atomic E-state index is 0.0123. The van der Waals surface area contributed by atoms with Crippen LogP contribution in [0.4, 0.5) is 0 Å². The fraction of sp³-hybridized carbons (Fsp3) is 0.250. The maximum absolute atomic E-state index is 12.4. The van der Waals surface area contributed by atoms with Crippen LogP contribution in [-0.4, -0.2) is 10.8 Å². The summed E-state index contributed by atoms with van der Waals surface area (Å²) in [6.07, 6.45) is 3.28. The van der Waals surface area contributed by atoms with Crippen molar-refractivity contribution in [3.05, 3.63) is 62.3 Å². The van der Waals surface area contributed by atoms with Gasteiger partial charge in [-0.15, -0.1) is 0 Å².